The fourth-order valence-corrected chi connectivity index (χ4v) is 2.32. The molecule has 0 aliphatic heterocycles. The average Bonchev–Trinajstić information content (AvgIpc) is 2.38. The lowest BCUT2D eigenvalue weighted by Crippen LogP contribution is -2.33. The summed E-state index contributed by atoms with van der Waals surface area (Å²) in [4.78, 5) is 13.7. The molecule has 0 aliphatic rings. The van der Waals surface area contributed by atoms with Crippen LogP contribution in [0, 0.1) is 0 Å². The Bertz CT molecular complexity index is 527. The van der Waals surface area contributed by atoms with Gasteiger partial charge in [-0.15, -0.1) is 0 Å². The second kappa shape index (κ2) is 6.88. The minimum atomic E-state index is -3.76. The standard InChI is InChI=1S/C12H16ClNO4S/c1-3-14(8-9-18-2)12(15)10-4-6-11(7-5-10)19(13,16)17/h4-7H,3,8-9H2,1-2H3. The van der Waals surface area contributed by atoms with E-state index in [0.29, 0.717) is 25.3 Å². The molecular formula is C12H16ClNO4S. The van der Waals surface area contributed by atoms with Crippen molar-refractivity contribution < 1.29 is 17.9 Å². The second-order valence-corrected chi connectivity index (χ2v) is 6.41. The molecule has 1 aromatic rings. The van der Waals surface area contributed by atoms with Gasteiger partial charge < -0.3 is 9.64 Å². The van der Waals surface area contributed by atoms with Crippen LogP contribution in [0.15, 0.2) is 29.2 Å². The topological polar surface area (TPSA) is 63.7 Å². The van der Waals surface area contributed by atoms with Crippen LogP contribution in [0.3, 0.4) is 0 Å². The Morgan fingerprint density at radius 3 is 2.32 bits per heavy atom. The van der Waals surface area contributed by atoms with Crippen molar-refractivity contribution >= 4 is 25.6 Å². The molecule has 0 radical (unpaired) electrons. The van der Waals surface area contributed by atoms with Gasteiger partial charge in [-0.2, -0.15) is 0 Å². The molecule has 0 atom stereocenters. The number of hydrogen-bond donors (Lipinski definition) is 0. The predicted octanol–water partition coefficient (Wildman–Crippen LogP) is 1.72. The van der Waals surface area contributed by atoms with Crippen molar-refractivity contribution in [1.29, 1.82) is 0 Å². The highest BCUT2D eigenvalue weighted by Gasteiger charge is 2.15. The first kappa shape index (κ1) is 15.9. The van der Waals surface area contributed by atoms with Gasteiger partial charge in [0.15, 0.2) is 0 Å². The lowest BCUT2D eigenvalue weighted by Gasteiger charge is -2.20. The second-order valence-electron chi connectivity index (χ2n) is 3.84. The van der Waals surface area contributed by atoms with E-state index < -0.39 is 9.05 Å². The van der Waals surface area contributed by atoms with Gasteiger partial charge in [0.25, 0.3) is 15.0 Å². The third-order valence-electron chi connectivity index (χ3n) is 2.62. The Morgan fingerprint density at radius 1 is 1.32 bits per heavy atom. The maximum atomic E-state index is 12.1. The van der Waals surface area contributed by atoms with Gasteiger partial charge in [-0.1, -0.05) is 0 Å². The van der Waals surface area contributed by atoms with Gasteiger partial charge in [0.1, 0.15) is 0 Å². The van der Waals surface area contributed by atoms with Crippen molar-refractivity contribution in [2.24, 2.45) is 0 Å². The molecule has 7 heteroatoms. The Labute approximate surface area is 117 Å². The van der Waals surface area contributed by atoms with Crippen LogP contribution in [0.5, 0.6) is 0 Å². The Morgan fingerprint density at radius 2 is 1.89 bits per heavy atom. The Kier molecular flexibility index (Phi) is 5.78. The number of ether oxygens (including phenoxy) is 1. The molecule has 5 nitrogen and oxygen atoms in total. The number of carbonyl (C=O) groups excluding carboxylic acids is 1. The fraction of sp³-hybridized carbons (Fsp3) is 0.417. The van der Waals surface area contributed by atoms with E-state index in [1.165, 1.54) is 24.3 Å². The summed E-state index contributed by atoms with van der Waals surface area (Å²) in [5, 5.41) is 0. The zero-order valence-corrected chi connectivity index (χ0v) is 12.4. The maximum absolute atomic E-state index is 12.1. The number of benzene rings is 1. The van der Waals surface area contributed by atoms with E-state index >= 15 is 0 Å². The maximum Gasteiger partial charge on any atom is 0.261 e. The number of nitrogens with zero attached hydrogens (tertiary/aromatic N) is 1. The molecule has 1 rings (SSSR count). The predicted molar refractivity (Wildman–Crippen MR) is 72.9 cm³/mol. The summed E-state index contributed by atoms with van der Waals surface area (Å²) in [6.45, 7) is 3.36. The van der Waals surface area contributed by atoms with Crippen molar-refractivity contribution in [3.63, 3.8) is 0 Å². The molecule has 0 unspecified atom stereocenters. The zero-order chi connectivity index (χ0) is 14.5. The number of rotatable bonds is 6. The Balaban J connectivity index is 2.88. The van der Waals surface area contributed by atoms with E-state index in [4.69, 9.17) is 15.4 Å². The number of methoxy groups -OCH3 is 1. The molecule has 106 valence electrons. The van der Waals surface area contributed by atoms with Crippen LogP contribution in [0.2, 0.25) is 0 Å². The number of likely N-dealkylation sites (N-methyl/N-ethyl adjacent to an activating group) is 1. The summed E-state index contributed by atoms with van der Waals surface area (Å²) >= 11 is 0. The van der Waals surface area contributed by atoms with Gasteiger partial charge in [0.05, 0.1) is 11.5 Å². The summed E-state index contributed by atoms with van der Waals surface area (Å²) in [6.07, 6.45) is 0. The van der Waals surface area contributed by atoms with Crippen LogP contribution in [0.4, 0.5) is 0 Å². The van der Waals surface area contributed by atoms with Gasteiger partial charge >= 0.3 is 0 Å². The molecule has 0 aromatic heterocycles. The monoisotopic (exact) mass is 305 g/mol. The van der Waals surface area contributed by atoms with Gasteiger partial charge in [-0.3, -0.25) is 4.79 Å². The summed E-state index contributed by atoms with van der Waals surface area (Å²) < 4.78 is 27.1. The lowest BCUT2D eigenvalue weighted by atomic mass is 10.2. The zero-order valence-electron chi connectivity index (χ0n) is 10.8. The molecule has 0 N–H and O–H groups in total. The summed E-state index contributed by atoms with van der Waals surface area (Å²) in [6, 6.07) is 5.54. The first-order valence-corrected chi connectivity index (χ1v) is 8.04. The van der Waals surface area contributed by atoms with Crippen molar-refractivity contribution in [3.05, 3.63) is 29.8 Å². The van der Waals surface area contributed by atoms with E-state index in [-0.39, 0.29) is 10.8 Å². The number of hydrogen-bond acceptors (Lipinski definition) is 4. The molecule has 0 heterocycles. The van der Waals surface area contributed by atoms with Crippen LogP contribution in [0.1, 0.15) is 17.3 Å². The highest BCUT2D eigenvalue weighted by molar-refractivity contribution is 8.13. The lowest BCUT2D eigenvalue weighted by molar-refractivity contribution is 0.0706. The quantitative estimate of drug-likeness (QED) is 0.751. The SMILES string of the molecule is CCN(CCOC)C(=O)c1ccc(S(=O)(=O)Cl)cc1. The number of halogens is 1. The van der Waals surface area contributed by atoms with Gasteiger partial charge in [0, 0.05) is 36.4 Å². The largest absolute Gasteiger partial charge is 0.383 e. The van der Waals surface area contributed by atoms with Crippen molar-refractivity contribution in [1.82, 2.24) is 4.90 Å². The van der Waals surface area contributed by atoms with Crippen LogP contribution in [-0.4, -0.2) is 46.0 Å². The van der Waals surface area contributed by atoms with Gasteiger partial charge in [-0.25, -0.2) is 8.42 Å². The van der Waals surface area contributed by atoms with Crippen LogP contribution >= 0.6 is 10.7 Å². The van der Waals surface area contributed by atoms with Crippen molar-refractivity contribution in [2.45, 2.75) is 11.8 Å². The van der Waals surface area contributed by atoms with Crippen molar-refractivity contribution in [3.8, 4) is 0 Å². The molecule has 0 saturated carbocycles. The third-order valence-corrected chi connectivity index (χ3v) is 3.99. The summed E-state index contributed by atoms with van der Waals surface area (Å²) in [7, 11) is 3.02. The minimum absolute atomic E-state index is 0.0225. The molecule has 1 amide bonds. The summed E-state index contributed by atoms with van der Waals surface area (Å²) in [5.74, 6) is -0.168. The third kappa shape index (κ3) is 4.49. The van der Waals surface area contributed by atoms with E-state index in [9.17, 15) is 13.2 Å². The van der Waals surface area contributed by atoms with Crippen LogP contribution in [0.25, 0.3) is 0 Å². The first-order valence-electron chi connectivity index (χ1n) is 5.73. The number of carbonyl (C=O) groups is 1. The van der Waals surface area contributed by atoms with Crippen LogP contribution in [-0.2, 0) is 13.8 Å². The highest BCUT2D eigenvalue weighted by Crippen LogP contribution is 2.16. The molecule has 0 saturated heterocycles. The van der Waals surface area contributed by atoms with Crippen LogP contribution < -0.4 is 0 Å². The van der Waals surface area contributed by atoms with Crippen molar-refractivity contribution in [2.75, 3.05) is 26.8 Å². The van der Waals surface area contributed by atoms with E-state index in [0.717, 1.165) is 0 Å². The minimum Gasteiger partial charge on any atom is -0.383 e. The van der Waals surface area contributed by atoms with Gasteiger partial charge in [-0.05, 0) is 31.2 Å². The molecule has 0 aliphatic carbocycles. The molecule has 0 spiro atoms. The van der Waals surface area contributed by atoms with E-state index in [2.05, 4.69) is 0 Å². The molecule has 1 aromatic carbocycles. The normalized spacial score (nSPS) is 11.3. The number of amides is 1. The molecular weight excluding hydrogens is 290 g/mol. The molecule has 19 heavy (non-hydrogen) atoms. The summed E-state index contributed by atoms with van der Waals surface area (Å²) in [5.41, 5.74) is 0.419. The van der Waals surface area contributed by atoms with Gasteiger partial charge in [0.2, 0.25) is 0 Å². The fourth-order valence-electron chi connectivity index (χ4n) is 1.55. The Hall–Kier alpha value is -1.11. The molecule has 0 fully saturated rings. The average molecular weight is 306 g/mol. The van der Waals surface area contributed by atoms with E-state index in [1.54, 1.807) is 12.0 Å². The smallest absolute Gasteiger partial charge is 0.261 e. The highest BCUT2D eigenvalue weighted by atomic mass is 35.7. The first-order chi connectivity index (χ1) is 8.90. The van der Waals surface area contributed by atoms with E-state index in [1.807, 2.05) is 6.92 Å². The molecule has 0 bridgehead atoms.